The number of amides is 1. The zero-order valence-corrected chi connectivity index (χ0v) is 23.2. The van der Waals surface area contributed by atoms with Crippen molar-refractivity contribution >= 4 is 23.2 Å². The summed E-state index contributed by atoms with van der Waals surface area (Å²) in [4.78, 5) is 21.2. The standard InChI is InChI=1S/C31H33ClFN3O4/c1-2-15-39-28-12-8-22(17-26(28)32)30(37)27(18-36-13-3-4-14-36)34-31(38)29-25-11-7-21(16-23(25)19-40-35-29)20-5-9-24(33)10-6-20/h5-12,16-17,27,30,37H,2-4,13-15,18-19H2,1H3,(H,34,38)/t27-,30-/m1/s1. The second-order valence-electron chi connectivity index (χ2n) is 10.2. The van der Waals surface area contributed by atoms with Crippen LogP contribution in [0.2, 0.25) is 5.02 Å². The number of rotatable bonds is 10. The lowest BCUT2D eigenvalue weighted by molar-refractivity contribution is -0.116. The number of nitrogens with zero attached hydrogens (tertiary/aromatic N) is 2. The number of nitrogens with one attached hydrogen (secondary N) is 1. The van der Waals surface area contributed by atoms with Gasteiger partial charge in [0.1, 0.15) is 24.3 Å². The summed E-state index contributed by atoms with van der Waals surface area (Å²) in [5.74, 6) is -0.178. The maximum atomic E-state index is 13.6. The van der Waals surface area contributed by atoms with Crippen LogP contribution >= 0.6 is 11.6 Å². The van der Waals surface area contributed by atoms with Crippen LogP contribution in [-0.4, -0.2) is 53.9 Å². The number of halogens is 2. The Kier molecular flexibility index (Phi) is 8.99. The van der Waals surface area contributed by atoms with Crippen LogP contribution in [0, 0.1) is 5.82 Å². The average Bonchev–Trinajstić information content (AvgIpc) is 3.48. The van der Waals surface area contributed by atoms with Crippen LogP contribution in [0.15, 0.2) is 65.8 Å². The largest absolute Gasteiger partial charge is 0.492 e. The molecule has 0 unspecified atom stereocenters. The lowest BCUT2D eigenvalue weighted by Crippen LogP contribution is -2.49. The predicted molar refractivity (Wildman–Crippen MR) is 153 cm³/mol. The molecule has 40 heavy (non-hydrogen) atoms. The number of benzene rings is 3. The highest BCUT2D eigenvalue weighted by molar-refractivity contribution is 6.45. The highest BCUT2D eigenvalue weighted by atomic mass is 35.5. The molecule has 2 atom stereocenters. The van der Waals surface area contributed by atoms with Crippen molar-refractivity contribution in [3.8, 4) is 16.9 Å². The minimum Gasteiger partial charge on any atom is -0.492 e. The number of carbonyl (C=O) groups is 1. The van der Waals surface area contributed by atoms with Crippen LogP contribution < -0.4 is 10.1 Å². The van der Waals surface area contributed by atoms with Crippen molar-refractivity contribution in [2.24, 2.45) is 5.16 Å². The molecule has 3 aromatic carbocycles. The van der Waals surface area contributed by atoms with E-state index in [1.54, 1.807) is 30.3 Å². The summed E-state index contributed by atoms with van der Waals surface area (Å²) < 4.78 is 19.1. The van der Waals surface area contributed by atoms with Gasteiger partial charge in [0, 0.05) is 17.7 Å². The summed E-state index contributed by atoms with van der Waals surface area (Å²) in [6.45, 7) is 5.06. The van der Waals surface area contributed by atoms with Gasteiger partial charge in [-0.2, -0.15) is 0 Å². The summed E-state index contributed by atoms with van der Waals surface area (Å²) in [5.41, 5.74) is 3.93. The molecule has 1 saturated heterocycles. The second kappa shape index (κ2) is 12.8. The molecule has 0 spiro atoms. The molecule has 1 fully saturated rings. The Bertz CT molecular complexity index is 1380. The summed E-state index contributed by atoms with van der Waals surface area (Å²) in [6.07, 6.45) is 2.01. The monoisotopic (exact) mass is 565 g/mol. The van der Waals surface area contributed by atoms with Crippen LogP contribution in [0.1, 0.15) is 49.0 Å². The van der Waals surface area contributed by atoms with Crippen molar-refractivity contribution in [2.75, 3.05) is 26.2 Å². The Morgan fingerprint density at radius 2 is 1.88 bits per heavy atom. The van der Waals surface area contributed by atoms with Gasteiger partial charge in [-0.15, -0.1) is 0 Å². The zero-order valence-electron chi connectivity index (χ0n) is 22.4. The van der Waals surface area contributed by atoms with Gasteiger partial charge in [0.15, 0.2) is 5.71 Å². The maximum absolute atomic E-state index is 13.6. The maximum Gasteiger partial charge on any atom is 0.274 e. The molecule has 0 aromatic heterocycles. The van der Waals surface area contributed by atoms with E-state index in [9.17, 15) is 14.3 Å². The minimum absolute atomic E-state index is 0.145. The molecule has 2 heterocycles. The molecule has 3 aromatic rings. The quantitative estimate of drug-likeness (QED) is 0.340. The molecule has 0 radical (unpaired) electrons. The number of likely N-dealkylation sites (tertiary alicyclic amines) is 1. The lowest BCUT2D eigenvalue weighted by atomic mass is 9.95. The van der Waals surface area contributed by atoms with Crippen molar-refractivity contribution in [2.45, 2.75) is 44.9 Å². The number of hydrogen-bond donors (Lipinski definition) is 2. The van der Waals surface area contributed by atoms with Gasteiger partial charge in [0.2, 0.25) is 0 Å². The van der Waals surface area contributed by atoms with Gasteiger partial charge in [0.05, 0.1) is 17.7 Å². The highest BCUT2D eigenvalue weighted by Crippen LogP contribution is 2.30. The van der Waals surface area contributed by atoms with Gasteiger partial charge in [-0.05, 0) is 79.4 Å². The van der Waals surface area contributed by atoms with E-state index in [2.05, 4.69) is 15.4 Å². The van der Waals surface area contributed by atoms with Gasteiger partial charge in [-0.1, -0.05) is 54.0 Å². The third kappa shape index (κ3) is 6.46. The lowest BCUT2D eigenvalue weighted by Gasteiger charge is -2.29. The molecule has 2 aliphatic heterocycles. The summed E-state index contributed by atoms with van der Waals surface area (Å²) in [7, 11) is 0. The molecule has 9 heteroatoms. The smallest absolute Gasteiger partial charge is 0.274 e. The molecular weight excluding hydrogens is 533 g/mol. The molecule has 1 amide bonds. The number of ether oxygens (including phenoxy) is 1. The minimum atomic E-state index is -1.01. The number of hydrogen-bond acceptors (Lipinski definition) is 6. The van der Waals surface area contributed by atoms with E-state index in [1.807, 2.05) is 25.1 Å². The van der Waals surface area contributed by atoms with Crippen molar-refractivity contribution < 1.29 is 23.9 Å². The Morgan fingerprint density at radius 1 is 1.12 bits per heavy atom. The number of aliphatic hydroxyl groups is 1. The van der Waals surface area contributed by atoms with Crippen LogP contribution in [0.4, 0.5) is 4.39 Å². The SMILES string of the molecule is CCCOc1ccc([C@@H](O)[C@@H](CN2CCCC2)NC(=O)C2=NOCc3cc(-c4ccc(F)cc4)ccc32)cc1Cl. The van der Waals surface area contributed by atoms with Crippen LogP contribution in [0.25, 0.3) is 11.1 Å². The number of aliphatic hydroxyl groups excluding tert-OH is 1. The molecule has 0 bridgehead atoms. The van der Waals surface area contributed by atoms with Crippen LogP contribution in [0.5, 0.6) is 5.75 Å². The van der Waals surface area contributed by atoms with E-state index in [4.69, 9.17) is 21.2 Å². The van der Waals surface area contributed by atoms with E-state index < -0.39 is 18.1 Å². The topological polar surface area (TPSA) is 83.4 Å². The van der Waals surface area contributed by atoms with Crippen LogP contribution in [-0.2, 0) is 16.2 Å². The first kappa shape index (κ1) is 28.1. The van der Waals surface area contributed by atoms with Gasteiger partial charge >= 0.3 is 0 Å². The second-order valence-corrected chi connectivity index (χ2v) is 10.6. The predicted octanol–water partition coefficient (Wildman–Crippen LogP) is 5.48. The molecule has 7 nitrogen and oxygen atoms in total. The van der Waals surface area contributed by atoms with E-state index in [0.29, 0.717) is 35.1 Å². The Morgan fingerprint density at radius 3 is 2.60 bits per heavy atom. The molecule has 210 valence electrons. The fraction of sp³-hybridized carbons (Fsp3) is 0.355. The van der Waals surface area contributed by atoms with Gasteiger partial charge < -0.3 is 24.9 Å². The summed E-state index contributed by atoms with van der Waals surface area (Å²) in [6, 6.07) is 16.5. The van der Waals surface area contributed by atoms with E-state index >= 15 is 0 Å². The molecule has 0 saturated carbocycles. The Labute approximate surface area is 238 Å². The van der Waals surface area contributed by atoms with E-state index in [1.165, 1.54) is 12.1 Å². The normalized spacial score (nSPS) is 16.4. The Hall–Kier alpha value is -3.46. The van der Waals surface area contributed by atoms with E-state index in [0.717, 1.165) is 49.0 Å². The molecule has 2 N–H and O–H groups in total. The van der Waals surface area contributed by atoms with Crippen molar-refractivity contribution in [1.29, 1.82) is 0 Å². The van der Waals surface area contributed by atoms with E-state index in [-0.39, 0.29) is 18.1 Å². The first-order valence-corrected chi connectivity index (χ1v) is 14.0. The van der Waals surface area contributed by atoms with Gasteiger partial charge in [0.25, 0.3) is 5.91 Å². The van der Waals surface area contributed by atoms with Crippen molar-refractivity contribution in [3.05, 3.63) is 88.2 Å². The summed E-state index contributed by atoms with van der Waals surface area (Å²) in [5, 5.41) is 18.9. The fourth-order valence-electron chi connectivity index (χ4n) is 5.11. The number of carbonyl (C=O) groups excluding carboxylic acids is 1. The first-order valence-electron chi connectivity index (χ1n) is 13.7. The molecule has 0 aliphatic carbocycles. The number of oxime groups is 1. The van der Waals surface area contributed by atoms with Crippen LogP contribution in [0.3, 0.4) is 0 Å². The fourth-order valence-corrected chi connectivity index (χ4v) is 5.36. The zero-order chi connectivity index (χ0) is 28.1. The number of fused-ring (bicyclic) bond motifs is 1. The third-order valence-electron chi connectivity index (χ3n) is 7.24. The van der Waals surface area contributed by atoms with Gasteiger partial charge in [-0.25, -0.2) is 4.39 Å². The highest BCUT2D eigenvalue weighted by Gasteiger charge is 2.30. The average molecular weight is 566 g/mol. The molecule has 2 aliphatic rings. The van der Waals surface area contributed by atoms with Crippen molar-refractivity contribution in [1.82, 2.24) is 10.2 Å². The summed E-state index contributed by atoms with van der Waals surface area (Å²) >= 11 is 6.44. The third-order valence-corrected chi connectivity index (χ3v) is 7.53. The first-order chi connectivity index (χ1) is 19.4. The molecule has 5 rings (SSSR count). The Balaban J connectivity index is 1.36. The van der Waals surface area contributed by atoms with Gasteiger partial charge in [-0.3, -0.25) is 4.79 Å². The van der Waals surface area contributed by atoms with Crippen molar-refractivity contribution in [3.63, 3.8) is 0 Å². The molecular formula is C31H33ClFN3O4.